The summed E-state index contributed by atoms with van der Waals surface area (Å²) >= 11 is 0. The molecule has 3 atom stereocenters. The number of unbranched alkanes of at least 4 members (excludes halogenated alkanes) is 2. The Hall–Kier alpha value is -4.39. The summed E-state index contributed by atoms with van der Waals surface area (Å²) in [6.07, 6.45) is 3.66. The summed E-state index contributed by atoms with van der Waals surface area (Å²) in [5, 5.41) is 27.1. The molecule has 0 bridgehead atoms. The van der Waals surface area contributed by atoms with Gasteiger partial charge in [-0.25, -0.2) is 5.06 Å². The zero-order valence-electron chi connectivity index (χ0n) is 25.1. The van der Waals surface area contributed by atoms with Gasteiger partial charge in [-0.1, -0.05) is 45.2 Å². The van der Waals surface area contributed by atoms with Gasteiger partial charge < -0.3 is 30.2 Å². The topological polar surface area (TPSA) is 188 Å². The van der Waals surface area contributed by atoms with E-state index in [0.29, 0.717) is 47.1 Å². The van der Waals surface area contributed by atoms with E-state index in [0.717, 1.165) is 19.3 Å². The molecule has 13 heteroatoms. The number of amides is 4. The zero-order valence-corrected chi connectivity index (χ0v) is 25.1. The van der Waals surface area contributed by atoms with Crippen molar-refractivity contribution in [3.63, 3.8) is 0 Å². The van der Waals surface area contributed by atoms with Crippen LogP contribution in [-0.2, 0) is 25.6 Å². The van der Waals surface area contributed by atoms with E-state index in [2.05, 4.69) is 16.0 Å². The van der Waals surface area contributed by atoms with Gasteiger partial charge in [-0.3, -0.25) is 29.2 Å². The number of carboxylic acids is 1. The van der Waals surface area contributed by atoms with E-state index in [4.69, 9.17) is 14.3 Å². The molecule has 0 fully saturated rings. The van der Waals surface area contributed by atoms with Crippen molar-refractivity contribution in [2.24, 2.45) is 5.92 Å². The van der Waals surface area contributed by atoms with E-state index in [1.165, 1.54) is 13.0 Å². The van der Waals surface area contributed by atoms with Gasteiger partial charge in [0, 0.05) is 11.1 Å². The molecule has 2 rings (SSSR count). The van der Waals surface area contributed by atoms with Crippen molar-refractivity contribution in [2.75, 3.05) is 13.3 Å². The van der Waals surface area contributed by atoms with Crippen LogP contribution in [0, 0.1) is 5.92 Å². The molecule has 0 aliphatic heterocycles. The first kappa shape index (κ1) is 34.8. The van der Waals surface area contributed by atoms with Gasteiger partial charge in [-0.2, -0.15) is 0 Å². The van der Waals surface area contributed by atoms with Gasteiger partial charge in [0.1, 0.15) is 17.6 Å². The molecule has 1 aromatic heterocycles. The Morgan fingerprint density at radius 2 is 1.81 bits per heavy atom. The molecule has 3 unspecified atom stereocenters. The van der Waals surface area contributed by atoms with Crippen LogP contribution in [0.5, 0.6) is 5.75 Å². The first-order chi connectivity index (χ1) is 20.6. The number of benzene rings is 1. The van der Waals surface area contributed by atoms with Gasteiger partial charge in [0.2, 0.25) is 18.2 Å². The first-order valence-electron chi connectivity index (χ1n) is 14.4. The summed E-state index contributed by atoms with van der Waals surface area (Å²) < 4.78 is 11.4. The normalized spacial score (nSPS) is 12.9. The molecule has 1 aromatic carbocycles. The molecule has 1 heterocycles. The van der Waals surface area contributed by atoms with Crippen LogP contribution >= 0.6 is 0 Å². The average Bonchev–Trinajstić information content (AvgIpc) is 3.48. The maximum absolute atomic E-state index is 12.9. The Morgan fingerprint density at radius 3 is 2.44 bits per heavy atom. The number of carbonyl (C=O) groups is 5. The number of nitrogens with one attached hydrogen (secondary N) is 3. The van der Waals surface area contributed by atoms with Crippen molar-refractivity contribution in [1.29, 1.82) is 0 Å². The molecule has 0 radical (unpaired) electrons. The summed E-state index contributed by atoms with van der Waals surface area (Å²) in [6.45, 7) is 7.11. The molecule has 0 aliphatic rings. The summed E-state index contributed by atoms with van der Waals surface area (Å²) in [5.41, 5.74) is 1.14. The molecule has 4 amide bonds. The van der Waals surface area contributed by atoms with Gasteiger partial charge in [0.15, 0.2) is 5.76 Å². The zero-order chi connectivity index (χ0) is 31.9. The van der Waals surface area contributed by atoms with E-state index in [-0.39, 0.29) is 31.2 Å². The van der Waals surface area contributed by atoms with Crippen LogP contribution in [0.1, 0.15) is 75.9 Å². The Morgan fingerprint density at radius 1 is 1.07 bits per heavy atom. The number of carboxylic acid groups (broad SMARTS) is 1. The Labute approximate surface area is 250 Å². The van der Waals surface area contributed by atoms with Crippen molar-refractivity contribution in [2.45, 2.75) is 78.3 Å². The Balaban J connectivity index is 2.06. The molecule has 236 valence electrons. The number of ether oxygens (including phenoxy) is 1. The highest BCUT2D eigenvalue weighted by Crippen LogP contribution is 2.29. The summed E-state index contributed by atoms with van der Waals surface area (Å²) in [5.74, 6) is -2.43. The van der Waals surface area contributed by atoms with Crippen LogP contribution in [0.25, 0.3) is 11.3 Å². The van der Waals surface area contributed by atoms with Crippen molar-refractivity contribution in [3.8, 4) is 17.1 Å². The van der Waals surface area contributed by atoms with Crippen molar-refractivity contribution >= 4 is 30.1 Å². The third kappa shape index (κ3) is 10.4. The third-order valence-electron chi connectivity index (χ3n) is 6.88. The Bertz CT molecular complexity index is 1250. The van der Waals surface area contributed by atoms with Crippen molar-refractivity contribution < 1.29 is 43.4 Å². The number of hydroxylamine groups is 2. The largest absolute Gasteiger partial charge is 0.494 e. The standard InChI is InChI=1S/C30H42N4O9/c1-5-8-9-10-22(23(6-2)34(41)18-35)28(37)31-17-32-29(38)25-14-13-24(43-25)20-11-12-21(26(15-20)42-7-3)16-27(36)33-19(4)30(39)40/h11-15,18-19,22-23,41H,5-10,16-17H2,1-4H3,(H,31,37)(H,32,38)(H,33,36)(H,39,40). The minimum Gasteiger partial charge on any atom is -0.494 e. The van der Waals surface area contributed by atoms with Crippen LogP contribution < -0.4 is 20.7 Å². The Kier molecular flexibility index (Phi) is 14.2. The van der Waals surface area contributed by atoms with Crippen LogP contribution in [-0.4, -0.2) is 70.8 Å². The maximum atomic E-state index is 12.9. The van der Waals surface area contributed by atoms with E-state index in [1.807, 2.05) is 6.92 Å². The fourth-order valence-electron chi connectivity index (χ4n) is 4.56. The van der Waals surface area contributed by atoms with E-state index >= 15 is 0 Å². The van der Waals surface area contributed by atoms with E-state index < -0.39 is 35.8 Å². The highest BCUT2D eigenvalue weighted by Gasteiger charge is 2.30. The minimum atomic E-state index is -1.14. The predicted molar refractivity (Wildman–Crippen MR) is 156 cm³/mol. The summed E-state index contributed by atoms with van der Waals surface area (Å²) in [7, 11) is 0. The second-order valence-corrected chi connectivity index (χ2v) is 10.0. The monoisotopic (exact) mass is 602 g/mol. The molecule has 0 aliphatic carbocycles. The average molecular weight is 603 g/mol. The third-order valence-corrected chi connectivity index (χ3v) is 6.88. The molecule has 43 heavy (non-hydrogen) atoms. The second kappa shape index (κ2) is 17.5. The van der Waals surface area contributed by atoms with Crippen LogP contribution in [0.2, 0.25) is 0 Å². The first-order valence-corrected chi connectivity index (χ1v) is 14.4. The molecule has 2 aromatic rings. The van der Waals surface area contributed by atoms with Gasteiger partial charge in [0.25, 0.3) is 5.91 Å². The molecule has 5 N–H and O–H groups in total. The number of nitrogens with zero attached hydrogens (tertiary/aromatic N) is 1. The fraction of sp³-hybridized carbons (Fsp3) is 0.500. The summed E-state index contributed by atoms with van der Waals surface area (Å²) in [6, 6.07) is 6.40. The van der Waals surface area contributed by atoms with Gasteiger partial charge >= 0.3 is 5.97 Å². The molecular weight excluding hydrogens is 560 g/mol. The maximum Gasteiger partial charge on any atom is 0.325 e. The number of hydrogen-bond acceptors (Lipinski definition) is 8. The van der Waals surface area contributed by atoms with Crippen LogP contribution in [0.4, 0.5) is 0 Å². The van der Waals surface area contributed by atoms with Gasteiger partial charge in [-0.15, -0.1) is 0 Å². The van der Waals surface area contributed by atoms with Gasteiger partial charge in [0.05, 0.1) is 31.7 Å². The lowest BCUT2D eigenvalue weighted by atomic mass is 9.90. The molecular formula is C30H42N4O9. The van der Waals surface area contributed by atoms with E-state index in [1.54, 1.807) is 38.1 Å². The van der Waals surface area contributed by atoms with Crippen LogP contribution in [0.3, 0.4) is 0 Å². The SMILES string of the molecule is CCCCCC(C(=O)NCNC(=O)c1ccc(-c2ccc(CC(=O)NC(C)C(=O)O)c(OCC)c2)o1)C(CC)N(O)C=O. The highest BCUT2D eigenvalue weighted by molar-refractivity contribution is 5.92. The van der Waals surface area contributed by atoms with Crippen molar-refractivity contribution in [1.82, 2.24) is 21.0 Å². The fourth-order valence-corrected chi connectivity index (χ4v) is 4.56. The van der Waals surface area contributed by atoms with Crippen LogP contribution in [0.15, 0.2) is 34.7 Å². The molecule has 0 saturated heterocycles. The number of hydrogen-bond donors (Lipinski definition) is 5. The lowest BCUT2D eigenvalue weighted by Gasteiger charge is -2.29. The number of aliphatic carboxylic acids is 1. The number of furan rings is 1. The highest BCUT2D eigenvalue weighted by atomic mass is 16.5. The molecule has 0 saturated carbocycles. The second-order valence-electron chi connectivity index (χ2n) is 10.0. The van der Waals surface area contributed by atoms with Crippen molar-refractivity contribution in [3.05, 3.63) is 41.7 Å². The number of rotatable bonds is 19. The lowest BCUT2D eigenvalue weighted by Crippen LogP contribution is -2.47. The quantitative estimate of drug-likeness (QED) is 0.0529. The van der Waals surface area contributed by atoms with E-state index in [9.17, 15) is 29.2 Å². The number of carbonyl (C=O) groups excluding carboxylic acids is 4. The summed E-state index contributed by atoms with van der Waals surface area (Å²) in [4.78, 5) is 60.1. The minimum absolute atomic E-state index is 0.00161. The predicted octanol–water partition coefficient (Wildman–Crippen LogP) is 3.10. The molecule has 13 nitrogen and oxygen atoms in total. The lowest BCUT2D eigenvalue weighted by molar-refractivity contribution is -0.168. The smallest absolute Gasteiger partial charge is 0.325 e. The van der Waals surface area contributed by atoms with Gasteiger partial charge in [-0.05, 0) is 44.9 Å². The molecule has 0 spiro atoms.